The van der Waals surface area contributed by atoms with Gasteiger partial charge in [-0.1, -0.05) is 0 Å². The largest absolute Gasteiger partial charge is 0.417 e. The van der Waals surface area contributed by atoms with Crippen LogP contribution >= 0.6 is 15.9 Å². The summed E-state index contributed by atoms with van der Waals surface area (Å²) in [5.74, 6) is -0.868. The molecule has 1 N–H and O–H groups in total. The smallest absolute Gasteiger partial charge is 0.392 e. The van der Waals surface area contributed by atoms with E-state index < -0.39 is 28.6 Å². The second-order valence-corrected chi connectivity index (χ2v) is 3.34. The molecule has 0 spiro atoms. The summed E-state index contributed by atoms with van der Waals surface area (Å²) in [5, 5.41) is 8.65. The number of rotatable bonds is 1. The molecule has 0 radical (unpaired) electrons. The number of alkyl halides is 3. The van der Waals surface area contributed by atoms with Gasteiger partial charge in [-0.3, -0.25) is 0 Å². The molecule has 1 aromatic rings. The van der Waals surface area contributed by atoms with Crippen LogP contribution in [0.1, 0.15) is 11.1 Å². The molecule has 0 fully saturated rings. The van der Waals surface area contributed by atoms with Crippen molar-refractivity contribution in [1.82, 2.24) is 0 Å². The Morgan fingerprint density at radius 2 is 1.86 bits per heavy atom. The fourth-order valence-corrected chi connectivity index (χ4v) is 1.63. The highest BCUT2D eigenvalue weighted by molar-refractivity contribution is 9.10. The molecule has 0 aliphatic rings. The van der Waals surface area contributed by atoms with Gasteiger partial charge in [-0.2, -0.15) is 13.2 Å². The van der Waals surface area contributed by atoms with Gasteiger partial charge in [-0.15, -0.1) is 0 Å². The SMILES string of the molecule is OCc1c(F)ccc(C(F)(F)F)c1Br. The molecule has 1 rings (SSSR count). The Kier molecular flexibility index (Phi) is 3.16. The third-order valence-electron chi connectivity index (χ3n) is 1.65. The number of aliphatic hydroxyl groups excluding tert-OH is 1. The molecule has 0 aliphatic carbocycles. The quantitative estimate of drug-likeness (QED) is 0.779. The summed E-state index contributed by atoms with van der Waals surface area (Å²) in [4.78, 5) is 0. The average Bonchev–Trinajstić information content (AvgIpc) is 2.02. The summed E-state index contributed by atoms with van der Waals surface area (Å²) in [5.41, 5.74) is -1.39. The third-order valence-corrected chi connectivity index (χ3v) is 2.56. The van der Waals surface area contributed by atoms with E-state index in [4.69, 9.17) is 5.11 Å². The van der Waals surface area contributed by atoms with Gasteiger partial charge in [-0.05, 0) is 28.1 Å². The summed E-state index contributed by atoms with van der Waals surface area (Å²) < 4.78 is 49.2. The zero-order valence-electron chi connectivity index (χ0n) is 6.70. The minimum absolute atomic E-state index is 0.389. The summed E-state index contributed by atoms with van der Waals surface area (Å²) >= 11 is 2.61. The Balaban J connectivity index is 3.36. The van der Waals surface area contributed by atoms with Crippen molar-refractivity contribution in [3.8, 4) is 0 Å². The van der Waals surface area contributed by atoms with Crippen LogP contribution in [0.15, 0.2) is 16.6 Å². The van der Waals surface area contributed by atoms with E-state index in [0.29, 0.717) is 12.1 Å². The van der Waals surface area contributed by atoms with Gasteiger partial charge < -0.3 is 5.11 Å². The Morgan fingerprint density at radius 1 is 1.29 bits per heavy atom. The van der Waals surface area contributed by atoms with Gasteiger partial charge >= 0.3 is 6.18 Å². The fourth-order valence-electron chi connectivity index (χ4n) is 0.962. The highest BCUT2D eigenvalue weighted by Gasteiger charge is 2.34. The molecule has 0 atom stereocenters. The van der Waals surface area contributed by atoms with Gasteiger partial charge in [0, 0.05) is 10.0 Å². The maximum absolute atomic E-state index is 12.9. The van der Waals surface area contributed by atoms with Crippen molar-refractivity contribution in [2.45, 2.75) is 12.8 Å². The summed E-state index contributed by atoms with van der Waals surface area (Å²) in [7, 11) is 0. The molecule has 0 heterocycles. The van der Waals surface area contributed by atoms with Gasteiger partial charge in [0.1, 0.15) is 5.82 Å². The first-order chi connectivity index (χ1) is 6.38. The average molecular weight is 273 g/mol. The second-order valence-electron chi connectivity index (χ2n) is 2.54. The predicted molar refractivity (Wildman–Crippen MR) is 45.0 cm³/mol. The van der Waals surface area contributed by atoms with Crippen molar-refractivity contribution >= 4 is 15.9 Å². The maximum Gasteiger partial charge on any atom is 0.417 e. The second kappa shape index (κ2) is 3.86. The van der Waals surface area contributed by atoms with Gasteiger partial charge in [-0.25, -0.2) is 4.39 Å². The monoisotopic (exact) mass is 272 g/mol. The molecule has 78 valence electrons. The van der Waals surface area contributed by atoms with Crippen LogP contribution in [0, 0.1) is 5.82 Å². The Bertz CT molecular complexity index is 348. The minimum atomic E-state index is -4.56. The lowest BCUT2D eigenvalue weighted by atomic mass is 10.1. The van der Waals surface area contributed by atoms with Crippen molar-refractivity contribution in [2.75, 3.05) is 0 Å². The Morgan fingerprint density at radius 3 is 2.29 bits per heavy atom. The zero-order chi connectivity index (χ0) is 10.9. The van der Waals surface area contributed by atoms with Crippen LogP contribution in [-0.4, -0.2) is 5.11 Å². The molecule has 1 aromatic carbocycles. The lowest BCUT2D eigenvalue weighted by Gasteiger charge is -2.11. The number of aliphatic hydroxyl groups is 1. The minimum Gasteiger partial charge on any atom is -0.392 e. The normalized spacial score (nSPS) is 11.9. The third kappa shape index (κ3) is 2.06. The van der Waals surface area contributed by atoms with E-state index in [1.54, 1.807) is 0 Å². The zero-order valence-corrected chi connectivity index (χ0v) is 8.28. The summed E-state index contributed by atoms with van der Waals surface area (Å²) in [6.07, 6.45) is -4.56. The first-order valence-electron chi connectivity index (χ1n) is 3.53. The van der Waals surface area contributed by atoms with Crippen molar-refractivity contribution < 1.29 is 22.7 Å². The summed E-state index contributed by atoms with van der Waals surface area (Å²) in [6, 6.07) is 1.30. The van der Waals surface area contributed by atoms with E-state index in [9.17, 15) is 17.6 Å². The topological polar surface area (TPSA) is 20.2 Å². The molecule has 6 heteroatoms. The van der Waals surface area contributed by atoms with Crippen LogP contribution in [0.5, 0.6) is 0 Å². The standard InChI is InChI=1S/C8H5BrF4O/c9-7-4(3-14)6(10)2-1-5(7)8(11,12)13/h1-2,14H,3H2. The predicted octanol–water partition coefficient (Wildman–Crippen LogP) is 3.10. The van der Waals surface area contributed by atoms with Gasteiger partial charge in [0.25, 0.3) is 0 Å². The van der Waals surface area contributed by atoms with Crippen molar-refractivity contribution in [3.63, 3.8) is 0 Å². The van der Waals surface area contributed by atoms with Crippen LogP contribution in [-0.2, 0) is 12.8 Å². The van der Waals surface area contributed by atoms with E-state index in [1.165, 1.54) is 0 Å². The van der Waals surface area contributed by atoms with E-state index in [-0.39, 0.29) is 5.56 Å². The molecule has 0 bridgehead atoms. The highest BCUT2D eigenvalue weighted by atomic mass is 79.9. The molecular weight excluding hydrogens is 268 g/mol. The van der Waals surface area contributed by atoms with E-state index in [2.05, 4.69) is 15.9 Å². The van der Waals surface area contributed by atoms with Crippen molar-refractivity contribution in [1.29, 1.82) is 0 Å². The van der Waals surface area contributed by atoms with Gasteiger partial charge in [0.05, 0.1) is 12.2 Å². The maximum atomic E-state index is 12.9. The van der Waals surface area contributed by atoms with Gasteiger partial charge in [0.15, 0.2) is 0 Å². The van der Waals surface area contributed by atoms with Crippen LogP contribution in [0.3, 0.4) is 0 Å². The molecule has 0 aromatic heterocycles. The lowest BCUT2D eigenvalue weighted by molar-refractivity contribution is -0.138. The first-order valence-corrected chi connectivity index (χ1v) is 4.32. The molecule has 0 unspecified atom stereocenters. The molecular formula is C8H5BrF4O. The van der Waals surface area contributed by atoms with E-state index >= 15 is 0 Å². The Labute approximate surface area is 85.5 Å². The van der Waals surface area contributed by atoms with Crippen LogP contribution in [0.4, 0.5) is 17.6 Å². The molecule has 1 nitrogen and oxygen atoms in total. The molecule has 0 aliphatic heterocycles. The molecule has 14 heavy (non-hydrogen) atoms. The lowest BCUT2D eigenvalue weighted by Crippen LogP contribution is -2.08. The Hall–Kier alpha value is -0.620. The van der Waals surface area contributed by atoms with Crippen molar-refractivity contribution in [3.05, 3.63) is 33.5 Å². The molecule has 0 amide bonds. The van der Waals surface area contributed by atoms with Crippen LogP contribution < -0.4 is 0 Å². The van der Waals surface area contributed by atoms with Crippen LogP contribution in [0.2, 0.25) is 0 Å². The molecule has 0 saturated heterocycles. The first kappa shape index (κ1) is 11.5. The number of halogens is 5. The fraction of sp³-hybridized carbons (Fsp3) is 0.250. The van der Waals surface area contributed by atoms with E-state index in [1.807, 2.05) is 0 Å². The van der Waals surface area contributed by atoms with Crippen LogP contribution in [0.25, 0.3) is 0 Å². The highest BCUT2D eigenvalue weighted by Crippen LogP contribution is 2.37. The van der Waals surface area contributed by atoms with E-state index in [0.717, 1.165) is 0 Å². The number of benzene rings is 1. The van der Waals surface area contributed by atoms with Crippen molar-refractivity contribution in [2.24, 2.45) is 0 Å². The molecule has 0 saturated carbocycles. The van der Waals surface area contributed by atoms with Gasteiger partial charge in [0.2, 0.25) is 0 Å². The number of hydrogen-bond acceptors (Lipinski definition) is 1. The number of hydrogen-bond donors (Lipinski definition) is 1. The summed E-state index contributed by atoms with van der Waals surface area (Å²) in [6.45, 7) is -0.781.